The maximum absolute atomic E-state index is 4.16. The van der Waals surface area contributed by atoms with Gasteiger partial charge in [-0.2, -0.15) is 0 Å². The molecule has 0 saturated heterocycles. The molecule has 0 fully saturated rings. The van der Waals surface area contributed by atoms with Crippen molar-refractivity contribution in [3.05, 3.63) is 119 Å². The molecule has 5 rings (SSSR count). The fraction of sp³-hybridized carbons (Fsp3) is 0.154. The van der Waals surface area contributed by atoms with Crippen LogP contribution in [-0.2, 0) is 5.41 Å². The van der Waals surface area contributed by atoms with Crippen LogP contribution in [0.1, 0.15) is 42.0 Å². The highest BCUT2D eigenvalue weighted by Gasteiger charge is 2.52. The molecule has 2 aromatic rings. The highest BCUT2D eigenvalue weighted by atomic mass is 14.5. The first-order valence-electron chi connectivity index (χ1n) is 9.43. The van der Waals surface area contributed by atoms with Crippen LogP contribution in [0.5, 0.6) is 0 Å². The van der Waals surface area contributed by atoms with E-state index < -0.39 is 0 Å². The number of allylic oxidation sites excluding steroid dienone is 9. The second kappa shape index (κ2) is 5.57. The van der Waals surface area contributed by atoms with Gasteiger partial charge in [-0.15, -0.1) is 0 Å². The standard InChI is InChI=1S/C26H22/c1-3-11-22-18(4-2)19-12-5-8-15-23(19)26(22)24-16-9-6-13-20(24)21-14-7-10-17-25(21)26/h3-6,8-13,15-17H,2,7,14H2,1H3/b11-3-. The second-order valence-corrected chi connectivity index (χ2v) is 7.21. The molecule has 2 aromatic carbocycles. The zero-order valence-corrected chi connectivity index (χ0v) is 15.1. The normalized spacial score (nSPS) is 23.0. The van der Waals surface area contributed by atoms with E-state index in [1.54, 1.807) is 0 Å². The Kier molecular flexibility index (Phi) is 3.30. The van der Waals surface area contributed by atoms with Gasteiger partial charge in [0.25, 0.3) is 0 Å². The van der Waals surface area contributed by atoms with Gasteiger partial charge in [0.15, 0.2) is 0 Å². The highest BCUT2D eigenvalue weighted by Crippen LogP contribution is 2.62. The van der Waals surface area contributed by atoms with Gasteiger partial charge in [0.2, 0.25) is 0 Å². The lowest BCUT2D eigenvalue weighted by molar-refractivity contribution is 0.773. The summed E-state index contributed by atoms with van der Waals surface area (Å²) in [5.74, 6) is 0. The Morgan fingerprint density at radius 3 is 2.38 bits per heavy atom. The van der Waals surface area contributed by atoms with Crippen molar-refractivity contribution in [2.45, 2.75) is 25.2 Å². The predicted octanol–water partition coefficient (Wildman–Crippen LogP) is 6.62. The van der Waals surface area contributed by atoms with Crippen molar-refractivity contribution in [3.8, 4) is 0 Å². The van der Waals surface area contributed by atoms with E-state index in [1.165, 1.54) is 44.5 Å². The lowest BCUT2D eigenvalue weighted by Gasteiger charge is -2.33. The zero-order chi connectivity index (χ0) is 17.7. The molecule has 126 valence electrons. The van der Waals surface area contributed by atoms with Crippen LogP contribution >= 0.6 is 0 Å². The molecule has 0 radical (unpaired) electrons. The van der Waals surface area contributed by atoms with E-state index in [0.29, 0.717) is 0 Å². The van der Waals surface area contributed by atoms with Gasteiger partial charge in [-0.05, 0) is 64.3 Å². The van der Waals surface area contributed by atoms with E-state index in [1.807, 2.05) is 6.08 Å². The smallest absolute Gasteiger partial charge is 0.0722 e. The van der Waals surface area contributed by atoms with Crippen LogP contribution in [0, 0.1) is 0 Å². The van der Waals surface area contributed by atoms with Gasteiger partial charge in [0.1, 0.15) is 0 Å². The van der Waals surface area contributed by atoms with E-state index in [4.69, 9.17) is 0 Å². The number of hydrogen-bond donors (Lipinski definition) is 0. The first-order valence-corrected chi connectivity index (χ1v) is 9.43. The summed E-state index contributed by atoms with van der Waals surface area (Å²) in [4.78, 5) is 0. The number of fused-ring (bicyclic) bond motifs is 6. The molecule has 0 aliphatic heterocycles. The second-order valence-electron chi connectivity index (χ2n) is 7.21. The van der Waals surface area contributed by atoms with Crippen molar-refractivity contribution >= 4 is 11.1 Å². The average molecular weight is 334 g/mol. The van der Waals surface area contributed by atoms with Crippen LogP contribution in [0.3, 0.4) is 0 Å². The molecular weight excluding hydrogens is 312 g/mol. The van der Waals surface area contributed by atoms with Crippen LogP contribution in [0.4, 0.5) is 0 Å². The minimum atomic E-state index is -0.199. The third-order valence-electron chi connectivity index (χ3n) is 6.08. The van der Waals surface area contributed by atoms with Gasteiger partial charge in [0.05, 0.1) is 5.41 Å². The van der Waals surface area contributed by atoms with E-state index in [9.17, 15) is 0 Å². The Labute approximate surface area is 155 Å². The first kappa shape index (κ1) is 15.4. The van der Waals surface area contributed by atoms with E-state index >= 15 is 0 Å². The van der Waals surface area contributed by atoms with Crippen molar-refractivity contribution in [2.75, 3.05) is 0 Å². The summed E-state index contributed by atoms with van der Waals surface area (Å²) in [6.45, 7) is 6.27. The molecule has 0 saturated carbocycles. The SMILES string of the molecule is C=CC1=C(/C=C\C)C2(C3=C(CCC=C3)c3ccccc32)c2ccccc21. The minimum Gasteiger partial charge on any atom is -0.0984 e. The van der Waals surface area contributed by atoms with Crippen LogP contribution in [0.2, 0.25) is 0 Å². The summed E-state index contributed by atoms with van der Waals surface area (Å²) >= 11 is 0. The van der Waals surface area contributed by atoms with Crippen LogP contribution in [-0.4, -0.2) is 0 Å². The van der Waals surface area contributed by atoms with Crippen LogP contribution in [0.25, 0.3) is 11.1 Å². The summed E-state index contributed by atoms with van der Waals surface area (Å²) in [5, 5.41) is 0. The quantitative estimate of drug-likeness (QED) is 0.579. The molecule has 3 aliphatic carbocycles. The summed E-state index contributed by atoms with van der Waals surface area (Å²) in [6, 6.07) is 17.9. The largest absolute Gasteiger partial charge is 0.0984 e. The summed E-state index contributed by atoms with van der Waals surface area (Å²) in [5.41, 5.74) is 11.0. The van der Waals surface area contributed by atoms with Gasteiger partial charge in [-0.3, -0.25) is 0 Å². The molecule has 0 heterocycles. The van der Waals surface area contributed by atoms with E-state index in [-0.39, 0.29) is 5.41 Å². The van der Waals surface area contributed by atoms with Crippen molar-refractivity contribution in [2.24, 2.45) is 0 Å². The highest BCUT2D eigenvalue weighted by molar-refractivity contribution is 5.98. The predicted molar refractivity (Wildman–Crippen MR) is 111 cm³/mol. The summed E-state index contributed by atoms with van der Waals surface area (Å²) in [7, 11) is 0. The van der Waals surface area contributed by atoms with Gasteiger partial charge < -0.3 is 0 Å². The molecule has 0 nitrogen and oxygen atoms in total. The maximum atomic E-state index is 4.16. The molecular formula is C26H22. The molecule has 0 amide bonds. The molecule has 1 atom stereocenters. The lowest BCUT2D eigenvalue weighted by atomic mass is 9.68. The molecule has 3 aliphatic rings. The van der Waals surface area contributed by atoms with Crippen molar-refractivity contribution < 1.29 is 0 Å². The molecule has 0 heteroatoms. The van der Waals surface area contributed by atoms with Gasteiger partial charge in [-0.25, -0.2) is 0 Å². The number of rotatable bonds is 2. The third-order valence-corrected chi connectivity index (χ3v) is 6.08. The topological polar surface area (TPSA) is 0 Å². The van der Waals surface area contributed by atoms with Crippen molar-refractivity contribution in [1.82, 2.24) is 0 Å². The molecule has 26 heavy (non-hydrogen) atoms. The molecule has 1 unspecified atom stereocenters. The maximum Gasteiger partial charge on any atom is 0.0722 e. The Bertz CT molecular complexity index is 1050. The monoisotopic (exact) mass is 334 g/mol. The Hall–Kier alpha value is -2.86. The first-order chi connectivity index (χ1) is 12.8. The number of benzene rings is 2. The summed E-state index contributed by atoms with van der Waals surface area (Å²) in [6.07, 6.45) is 13.5. The fourth-order valence-corrected chi connectivity index (χ4v) is 5.23. The van der Waals surface area contributed by atoms with Gasteiger partial charge in [-0.1, -0.05) is 85.5 Å². The molecule has 0 bridgehead atoms. The van der Waals surface area contributed by atoms with Gasteiger partial charge >= 0.3 is 0 Å². The molecule has 0 N–H and O–H groups in total. The van der Waals surface area contributed by atoms with E-state index in [0.717, 1.165) is 12.8 Å². The Balaban J connectivity index is 1.99. The third kappa shape index (κ3) is 1.69. The van der Waals surface area contributed by atoms with Crippen LogP contribution in [0.15, 0.2) is 96.6 Å². The molecule has 0 aromatic heterocycles. The van der Waals surface area contributed by atoms with Crippen molar-refractivity contribution in [3.63, 3.8) is 0 Å². The van der Waals surface area contributed by atoms with Crippen molar-refractivity contribution in [1.29, 1.82) is 0 Å². The minimum absolute atomic E-state index is 0.199. The lowest BCUT2D eigenvalue weighted by Crippen LogP contribution is -2.27. The van der Waals surface area contributed by atoms with Gasteiger partial charge in [0, 0.05) is 0 Å². The summed E-state index contributed by atoms with van der Waals surface area (Å²) < 4.78 is 0. The average Bonchev–Trinajstić information content (AvgIpc) is 3.15. The molecule has 1 spiro atoms. The number of hydrogen-bond acceptors (Lipinski definition) is 0. The Morgan fingerprint density at radius 2 is 1.65 bits per heavy atom. The fourth-order valence-electron chi connectivity index (χ4n) is 5.23. The van der Waals surface area contributed by atoms with Crippen LogP contribution < -0.4 is 0 Å². The van der Waals surface area contributed by atoms with E-state index in [2.05, 4.69) is 86.3 Å². The zero-order valence-electron chi connectivity index (χ0n) is 15.1. The Morgan fingerprint density at radius 1 is 0.962 bits per heavy atom.